The molecule has 180 valence electrons. The van der Waals surface area contributed by atoms with Crippen LogP contribution >= 0.6 is 0 Å². The molecule has 0 atom stereocenters. The number of carbonyl (C=O) groups excluding carboxylic acids is 2. The van der Waals surface area contributed by atoms with Crippen LogP contribution in [0.3, 0.4) is 0 Å². The quantitative estimate of drug-likeness (QED) is 0.436. The average molecular weight is 466 g/mol. The lowest BCUT2D eigenvalue weighted by Gasteiger charge is -2.25. The maximum absolute atomic E-state index is 13.1. The average Bonchev–Trinajstić information content (AvgIpc) is 3.38. The summed E-state index contributed by atoms with van der Waals surface area (Å²) in [5, 5.41) is 25.9. The van der Waals surface area contributed by atoms with Crippen molar-refractivity contribution in [1.29, 1.82) is 0 Å². The molecule has 0 bridgehead atoms. The minimum atomic E-state index is -1.24. The van der Waals surface area contributed by atoms with Crippen LogP contribution in [0.2, 0.25) is 0 Å². The Morgan fingerprint density at radius 3 is 2.65 bits per heavy atom. The number of fused-ring (bicyclic) bond motifs is 1. The summed E-state index contributed by atoms with van der Waals surface area (Å²) >= 11 is 0. The molecule has 2 aliphatic carbocycles. The highest BCUT2D eigenvalue weighted by molar-refractivity contribution is 6.03. The van der Waals surface area contributed by atoms with Gasteiger partial charge in [0, 0.05) is 30.9 Å². The highest BCUT2D eigenvalue weighted by Crippen LogP contribution is 2.34. The molecule has 0 aliphatic heterocycles. The van der Waals surface area contributed by atoms with E-state index in [9.17, 15) is 14.7 Å². The van der Waals surface area contributed by atoms with E-state index in [2.05, 4.69) is 25.8 Å². The zero-order valence-corrected chi connectivity index (χ0v) is 19.6. The zero-order chi connectivity index (χ0) is 23.9. The van der Waals surface area contributed by atoms with Crippen LogP contribution in [0.25, 0.3) is 5.65 Å². The summed E-state index contributed by atoms with van der Waals surface area (Å²) in [6, 6.07) is 3.62. The predicted molar refractivity (Wildman–Crippen MR) is 127 cm³/mol. The third kappa shape index (κ3) is 4.82. The Labute approximate surface area is 197 Å². The minimum Gasteiger partial charge on any atom is -0.384 e. The first kappa shape index (κ1) is 22.5. The van der Waals surface area contributed by atoms with E-state index in [1.54, 1.807) is 36.8 Å². The molecule has 1 amide bonds. The Balaban J connectivity index is 1.34. The summed E-state index contributed by atoms with van der Waals surface area (Å²) in [7, 11) is 0. The van der Waals surface area contributed by atoms with Gasteiger partial charge in [-0.05, 0) is 64.4 Å². The van der Waals surface area contributed by atoms with E-state index in [0.717, 1.165) is 50.2 Å². The number of aldehydes is 1. The van der Waals surface area contributed by atoms with Crippen molar-refractivity contribution in [3.05, 3.63) is 35.9 Å². The number of anilines is 2. The third-order valence-electron chi connectivity index (χ3n) is 6.69. The van der Waals surface area contributed by atoms with E-state index in [1.807, 2.05) is 10.7 Å². The zero-order valence-electron chi connectivity index (χ0n) is 19.6. The van der Waals surface area contributed by atoms with E-state index in [0.29, 0.717) is 17.0 Å². The largest absolute Gasteiger partial charge is 0.384 e. The third-order valence-corrected chi connectivity index (χ3v) is 6.69. The van der Waals surface area contributed by atoms with Gasteiger partial charge in [0.25, 0.3) is 5.91 Å². The maximum atomic E-state index is 13.1. The first-order valence-corrected chi connectivity index (χ1v) is 12.0. The summed E-state index contributed by atoms with van der Waals surface area (Å²) < 4.78 is 3.38. The van der Waals surface area contributed by atoms with Gasteiger partial charge in [-0.3, -0.25) is 9.48 Å². The van der Waals surface area contributed by atoms with Crippen LogP contribution in [-0.4, -0.2) is 48.2 Å². The van der Waals surface area contributed by atoms with Gasteiger partial charge in [0.2, 0.25) is 0 Å². The van der Waals surface area contributed by atoms with E-state index in [-0.39, 0.29) is 17.7 Å². The van der Waals surface area contributed by atoms with E-state index >= 15 is 0 Å². The van der Waals surface area contributed by atoms with Gasteiger partial charge in [-0.2, -0.15) is 10.2 Å². The summed E-state index contributed by atoms with van der Waals surface area (Å²) in [6.45, 7) is 4.19. The summed E-state index contributed by atoms with van der Waals surface area (Å²) in [6.07, 6.45) is 10.4. The molecule has 10 heteroatoms. The van der Waals surface area contributed by atoms with Crippen LogP contribution in [0.1, 0.15) is 74.6 Å². The Bertz CT molecular complexity index is 1200. The second-order valence-electron chi connectivity index (χ2n) is 10.1. The first-order chi connectivity index (χ1) is 16.3. The van der Waals surface area contributed by atoms with Gasteiger partial charge in [0.15, 0.2) is 11.3 Å². The lowest BCUT2D eigenvalue weighted by atomic mass is 9.87. The lowest BCUT2D eigenvalue weighted by Crippen LogP contribution is -2.22. The first-order valence-electron chi connectivity index (χ1n) is 12.0. The normalized spacial score (nSPS) is 20.9. The van der Waals surface area contributed by atoms with Crippen molar-refractivity contribution in [2.75, 3.05) is 17.2 Å². The highest BCUT2D eigenvalue weighted by atomic mass is 16.3. The Morgan fingerprint density at radius 1 is 1.21 bits per heavy atom. The van der Waals surface area contributed by atoms with E-state index in [1.165, 1.54) is 12.8 Å². The fourth-order valence-electron chi connectivity index (χ4n) is 4.47. The van der Waals surface area contributed by atoms with Crippen molar-refractivity contribution >= 4 is 29.3 Å². The Kier molecular flexibility index (Phi) is 5.85. The standard InChI is InChI=1S/C24H31N7O3/c1-24(2,34)22-19(13-31(29-22)17-7-5-16(14-32)6-8-17)26-23(33)18-11-21-27-20(9-10-30(21)28-18)25-12-15-3-4-15/h9-11,13-17,34H,3-8,12H2,1-2H3,(H,25,27)(H,26,33). The number of aromatic nitrogens is 5. The number of hydrogen-bond acceptors (Lipinski definition) is 7. The van der Waals surface area contributed by atoms with E-state index in [4.69, 9.17) is 0 Å². The Hall–Kier alpha value is -3.27. The summed E-state index contributed by atoms with van der Waals surface area (Å²) in [5.74, 6) is 1.21. The summed E-state index contributed by atoms with van der Waals surface area (Å²) in [5.41, 5.74) is 0.416. The molecule has 2 fully saturated rings. The molecule has 34 heavy (non-hydrogen) atoms. The summed E-state index contributed by atoms with van der Waals surface area (Å²) in [4.78, 5) is 28.7. The second kappa shape index (κ2) is 8.83. The number of carbonyl (C=O) groups is 2. The molecule has 0 spiro atoms. The number of hydrogen-bond donors (Lipinski definition) is 3. The predicted octanol–water partition coefficient (Wildman–Crippen LogP) is 3.16. The van der Waals surface area contributed by atoms with Crippen molar-refractivity contribution in [3.8, 4) is 0 Å². The Morgan fingerprint density at radius 2 is 1.97 bits per heavy atom. The van der Waals surface area contributed by atoms with Gasteiger partial charge in [0.1, 0.15) is 23.4 Å². The lowest BCUT2D eigenvalue weighted by molar-refractivity contribution is -0.112. The number of amides is 1. The van der Waals surface area contributed by atoms with Gasteiger partial charge in [0.05, 0.1) is 11.7 Å². The molecule has 0 unspecified atom stereocenters. The molecular weight excluding hydrogens is 434 g/mol. The van der Waals surface area contributed by atoms with E-state index < -0.39 is 11.5 Å². The van der Waals surface area contributed by atoms with Gasteiger partial charge in [-0.15, -0.1) is 0 Å². The molecule has 0 aromatic carbocycles. The van der Waals surface area contributed by atoms with Crippen LogP contribution in [0, 0.1) is 11.8 Å². The van der Waals surface area contributed by atoms with Gasteiger partial charge in [-0.1, -0.05) is 0 Å². The van der Waals surface area contributed by atoms with Crippen LogP contribution in [0.5, 0.6) is 0 Å². The molecule has 2 aliphatic rings. The molecule has 2 saturated carbocycles. The van der Waals surface area contributed by atoms with Crippen molar-refractivity contribution in [3.63, 3.8) is 0 Å². The number of aliphatic hydroxyl groups is 1. The van der Waals surface area contributed by atoms with Crippen LogP contribution in [-0.2, 0) is 10.4 Å². The SMILES string of the molecule is CC(C)(O)c1nn(C2CCC(C=O)CC2)cc1NC(=O)c1cc2nc(NCC3CC3)ccn2n1. The van der Waals surface area contributed by atoms with Crippen LogP contribution in [0.15, 0.2) is 24.5 Å². The molecule has 0 saturated heterocycles. The van der Waals surface area contributed by atoms with Crippen molar-refractivity contribution < 1.29 is 14.7 Å². The number of nitrogens with zero attached hydrogens (tertiary/aromatic N) is 5. The molecule has 3 aromatic rings. The monoisotopic (exact) mass is 465 g/mol. The van der Waals surface area contributed by atoms with Gasteiger partial charge < -0.3 is 20.5 Å². The molecule has 10 nitrogen and oxygen atoms in total. The maximum Gasteiger partial charge on any atom is 0.276 e. The molecular formula is C24H31N7O3. The number of rotatable bonds is 8. The van der Waals surface area contributed by atoms with Gasteiger partial charge in [-0.25, -0.2) is 9.50 Å². The van der Waals surface area contributed by atoms with Crippen molar-refractivity contribution in [2.24, 2.45) is 11.8 Å². The van der Waals surface area contributed by atoms with Crippen molar-refractivity contribution in [2.45, 2.75) is 64.0 Å². The highest BCUT2D eigenvalue weighted by Gasteiger charge is 2.29. The fourth-order valence-corrected chi connectivity index (χ4v) is 4.47. The molecule has 0 radical (unpaired) electrons. The van der Waals surface area contributed by atoms with Crippen LogP contribution in [0.4, 0.5) is 11.5 Å². The topological polar surface area (TPSA) is 126 Å². The molecule has 5 rings (SSSR count). The fraction of sp³-hybridized carbons (Fsp3) is 0.542. The smallest absolute Gasteiger partial charge is 0.276 e. The van der Waals surface area contributed by atoms with Gasteiger partial charge >= 0.3 is 0 Å². The second-order valence-corrected chi connectivity index (χ2v) is 10.1. The van der Waals surface area contributed by atoms with Crippen LogP contribution < -0.4 is 10.6 Å². The molecule has 3 aromatic heterocycles. The number of nitrogens with one attached hydrogen (secondary N) is 2. The molecule has 3 N–H and O–H groups in total. The van der Waals surface area contributed by atoms with Crippen molar-refractivity contribution in [1.82, 2.24) is 24.4 Å². The minimum absolute atomic E-state index is 0.104. The molecule has 3 heterocycles.